The molecule has 2 aromatic heterocycles. The number of carbonyl (C=O) groups is 2. The standard InChI is InChI=1S/C19H19N3O2S2/c1-2-22(13-15-9-6-12-25-15)18(23)16-10-11-17(26-16)21-19(24)20-14-7-4-3-5-8-14/h3-12H,2,13H2,1H3,(H2,20,21,24). The molecule has 0 unspecified atom stereocenters. The van der Waals surface area contributed by atoms with Crippen LogP contribution in [0.25, 0.3) is 0 Å². The second-order valence-corrected chi connectivity index (χ2v) is 7.62. The lowest BCUT2D eigenvalue weighted by molar-refractivity contribution is 0.0759. The molecule has 0 aliphatic heterocycles. The van der Waals surface area contributed by atoms with Crippen LogP contribution in [-0.2, 0) is 6.54 Å². The van der Waals surface area contributed by atoms with E-state index in [1.165, 1.54) is 11.3 Å². The fraction of sp³-hybridized carbons (Fsp3) is 0.158. The molecule has 0 fully saturated rings. The van der Waals surface area contributed by atoms with Crippen LogP contribution >= 0.6 is 22.7 Å². The van der Waals surface area contributed by atoms with Crippen LogP contribution in [0, 0.1) is 0 Å². The van der Waals surface area contributed by atoms with Crippen molar-refractivity contribution in [1.82, 2.24) is 4.90 Å². The maximum absolute atomic E-state index is 12.7. The summed E-state index contributed by atoms with van der Waals surface area (Å²) in [6.07, 6.45) is 0. The van der Waals surface area contributed by atoms with Gasteiger partial charge in [-0.2, -0.15) is 0 Å². The number of nitrogens with one attached hydrogen (secondary N) is 2. The SMILES string of the molecule is CCN(Cc1cccs1)C(=O)c1ccc(NC(=O)Nc2ccccc2)s1. The average molecular weight is 386 g/mol. The molecule has 0 bridgehead atoms. The number of urea groups is 1. The van der Waals surface area contributed by atoms with Crippen LogP contribution in [0.1, 0.15) is 21.5 Å². The highest BCUT2D eigenvalue weighted by Gasteiger charge is 2.17. The van der Waals surface area contributed by atoms with Gasteiger partial charge in [0.1, 0.15) is 0 Å². The van der Waals surface area contributed by atoms with Crippen molar-refractivity contribution in [3.8, 4) is 0 Å². The second kappa shape index (κ2) is 8.64. The number of hydrogen-bond acceptors (Lipinski definition) is 4. The van der Waals surface area contributed by atoms with E-state index in [2.05, 4.69) is 10.6 Å². The normalized spacial score (nSPS) is 10.3. The highest BCUT2D eigenvalue weighted by molar-refractivity contribution is 7.18. The second-order valence-electron chi connectivity index (χ2n) is 5.51. The Labute approximate surface area is 160 Å². The summed E-state index contributed by atoms with van der Waals surface area (Å²) < 4.78 is 0. The minimum Gasteiger partial charge on any atom is -0.333 e. The topological polar surface area (TPSA) is 61.4 Å². The van der Waals surface area contributed by atoms with Crippen molar-refractivity contribution in [2.75, 3.05) is 17.2 Å². The highest BCUT2D eigenvalue weighted by atomic mass is 32.1. The Morgan fingerprint density at radius 1 is 1.00 bits per heavy atom. The molecule has 26 heavy (non-hydrogen) atoms. The molecule has 0 spiro atoms. The Hall–Kier alpha value is -2.64. The lowest BCUT2D eigenvalue weighted by Crippen LogP contribution is -2.29. The first-order valence-electron chi connectivity index (χ1n) is 8.20. The summed E-state index contributed by atoms with van der Waals surface area (Å²) in [5, 5.41) is 8.16. The van der Waals surface area contributed by atoms with E-state index in [0.717, 1.165) is 4.88 Å². The molecule has 134 valence electrons. The highest BCUT2D eigenvalue weighted by Crippen LogP contribution is 2.24. The summed E-state index contributed by atoms with van der Waals surface area (Å²) >= 11 is 2.91. The fourth-order valence-electron chi connectivity index (χ4n) is 2.39. The van der Waals surface area contributed by atoms with Crippen molar-refractivity contribution in [3.05, 3.63) is 69.7 Å². The van der Waals surface area contributed by atoms with Gasteiger partial charge in [0.05, 0.1) is 16.4 Å². The van der Waals surface area contributed by atoms with Crippen LogP contribution in [0.3, 0.4) is 0 Å². The number of rotatable bonds is 6. The Morgan fingerprint density at radius 2 is 1.81 bits per heavy atom. The van der Waals surface area contributed by atoms with E-state index >= 15 is 0 Å². The molecular weight excluding hydrogens is 366 g/mol. The van der Waals surface area contributed by atoms with E-state index in [-0.39, 0.29) is 11.9 Å². The number of carbonyl (C=O) groups excluding carboxylic acids is 2. The van der Waals surface area contributed by atoms with Gasteiger partial charge < -0.3 is 10.2 Å². The Kier molecular flexibility index (Phi) is 6.04. The van der Waals surface area contributed by atoms with Crippen LogP contribution in [0.15, 0.2) is 60.0 Å². The van der Waals surface area contributed by atoms with E-state index in [4.69, 9.17) is 0 Å². The predicted octanol–water partition coefficient (Wildman–Crippen LogP) is 5.12. The molecule has 0 atom stereocenters. The molecule has 3 amide bonds. The third-order valence-corrected chi connectivity index (χ3v) is 5.53. The predicted molar refractivity (Wildman–Crippen MR) is 108 cm³/mol. The van der Waals surface area contributed by atoms with E-state index in [1.807, 2.05) is 54.8 Å². The zero-order chi connectivity index (χ0) is 18.4. The lowest BCUT2D eigenvalue weighted by Gasteiger charge is -2.19. The molecule has 0 saturated heterocycles. The van der Waals surface area contributed by atoms with Crippen LogP contribution in [-0.4, -0.2) is 23.4 Å². The first-order chi connectivity index (χ1) is 12.7. The zero-order valence-electron chi connectivity index (χ0n) is 14.3. The van der Waals surface area contributed by atoms with Crippen LogP contribution in [0.4, 0.5) is 15.5 Å². The summed E-state index contributed by atoms with van der Waals surface area (Å²) in [4.78, 5) is 28.3. The van der Waals surface area contributed by atoms with Gasteiger partial charge >= 0.3 is 6.03 Å². The Morgan fingerprint density at radius 3 is 2.50 bits per heavy atom. The summed E-state index contributed by atoms with van der Waals surface area (Å²) in [5.41, 5.74) is 0.714. The third-order valence-electron chi connectivity index (χ3n) is 3.68. The zero-order valence-corrected chi connectivity index (χ0v) is 15.9. The first-order valence-corrected chi connectivity index (χ1v) is 9.90. The molecule has 5 nitrogen and oxygen atoms in total. The molecule has 2 heterocycles. The number of amides is 3. The molecule has 1 aromatic carbocycles. The molecule has 0 aliphatic rings. The van der Waals surface area contributed by atoms with Gasteiger partial charge in [0, 0.05) is 17.1 Å². The van der Waals surface area contributed by atoms with E-state index in [1.54, 1.807) is 28.4 Å². The molecular formula is C19H19N3O2S2. The molecule has 0 radical (unpaired) electrons. The van der Waals surface area contributed by atoms with E-state index < -0.39 is 0 Å². The monoisotopic (exact) mass is 385 g/mol. The van der Waals surface area contributed by atoms with Crippen LogP contribution in [0.2, 0.25) is 0 Å². The van der Waals surface area contributed by atoms with Gasteiger partial charge in [0.2, 0.25) is 0 Å². The fourth-order valence-corrected chi connectivity index (χ4v) is 3.98. The minimum atomic E-state index is -0.331. The average Bonchev–Trinajstić information content (AvgIpc) is 3.32. The van der Waals surface area contributed by atoms with Gasteiger partial charge in [-0.1, -0.05) is 24.3 Å². The largest absolute Gasteiger partial charge is 0.333 e. The number of benzene rings is 1. The van der Waals surface area contributed by atoms with Crippen molar-refractivity contribution in [3.63, 3.8) is 0 Å². The maximum Gasteiger partial charge on any atom is 0.324 e. The van der Waals surface area contributed by atoms with Gasteiger partial charge in [-0.15, -0.1) is 22.7 Å². The van der Waals surface area contributed by atoms with Crippen molar-refractivity contribution < 1.29 is 9.59 Å². The third kappa shape index (κ3) is 4.71. The Bertz CT molecular complexity index is 860. The Balaban J connectivity index is 1.61. The maximum atomic E-state index is 12.7. The first kappa shape index (κ1) is 18.2. The number of nitrogens with zero attached hydrogens (tertiary/aromatic N) is 1. The van der Waals surface area contributed by atoms with Crippen molar-refractivity contribution >= 4 is 45.3 Å². The number of thiophene rings is 2. The summed E-state index contributed by atoms with van der Waals surface area (Å²) in [7, 11) is 0. The van der Waals surface area contributed by atoms with Gasteiger partial charge in [-0.25, -0.2) is 4.79 Å². The van der Waals surface area contributed by atoms with E-state index in [0.29, 0.717) is 28.7 Å². The van der Waals surface area contributed by atoms with Crippen molar-refractivity contribution in [2.24, 2.45) is 0 Å². The molecule has 7 heteroatoms. The number of hydrogen-bond donors (Lipinski definition) is 2. The molecule has 0 aliphatic carbocycles. The molecule has 0 saturated carbocycles. The van der Waals surface area contributed by atoms with Gasteiger partial charge in [0.25, 0.3) is 5.91 Å². The summed E-state index contributed by atoms with van der Waals surface area (Å²) in [6.45, 7) is 3.19. The van der Waals surface area contributed by atoms with Gasteiger partial charge in [0.15, 0.2) is 0 Å². The number of para-hydroxylation sites is 1. The van der Waals surface area contributed by atoms with Crippen molar-refractivity contribution in [1.29, 1.82) is 0 Å². The van der Waals surface area contributed by atoms with Gasteiger partial charge in [-0.3, -0.25) is 10.1 Å². The smallest absolute Gasteiger partial charge is 0.324 e. The summed E-state index contributed by atoms with van der Waals surface area (Å²) in [6, 6.07) is 16.4. The van der Waals surface area contributed by atoms with Gasteiger partial charge in [-0.05, 0) is 42.6 Å². The quantitative estimate of drug-likeness (QED) is 0.619. The molecule has 3 rings (SSSR count). The van der Waals surface area contributed by atoms with Crippen LogP contribution in [0.5, 0.6) is 0 Å². The minimum absolute atomic E-state index is 0.0255. The number of anilines is 2. The summed E-state index contributed by atoms with van der Waals surface area (Å²) in [5.74, 6) is -0.0255. The molecule has 2 N–H and O–H groups in total. The van der Waals surface area contributed by atoms with E-state index in [9.17, 15) is 9.59 Å². The van der Waals surface area contributed by atoms with Crippen molar-refractivity contribution in [2.45, 2.75) is 13.5 Å². The molecule has 3 aromatic rings. The lowest BCUT2D eigenvalue weighted by atomic mass is 10.3. The van der Waals surface area contributed by atoms with Crippen LogP contribution < -0.4 is 10.6 Å².